The molecule has 0 unspecified atom stereocenters. The molecule has 2 heterocycles. The summed E-state index contributed by atoms with van der Waals surface area (Å²) in [4.78, 5) is 42.9. The molecule has 1 saturated heterocycles. The van der Waals surface area contributed by atoms with Gasteiger partial charge in [0.1, 0.15) is 6.54 Å². The van der Waals surface area contributed by atoms with Crippen LogP contribution in [0.3, 0.4) is 0 Å². The zero-order valence-corrected chi connectivity index (χ0v) is 17.8. The van der Waals surface area contributed by atoms with Crippen molar-refractivity contribution < 1.29 is 14.4 Å². The quantitative estimate of drug-likeness (QED) is 0.751. The number of nitrogens with zero attached hydrogens (tertiary/aromatic N) is 2. The van der Waals surface area contributed by atoms with Gasteiger partial charge in [0, 0.05) is 24.5 Å². The Morgan fingerprint density at radius 1 is 1.10 bits per heavy atom. The molecule has 2 aliphatic rings. The molecule has 1 fully saturated rings. The molecular formula is C23H25N3O3S. The van der Waals surface area contributed by atoms with Crippen molar-refractivity contribution in [1.29, 1.82) is 0 Å². The molecule has 0 spiro atoms. The zero-order chi connectivity index (χ0) is 21.1. The van der Waals surface area contributed by atoms with Crippen LogP contribution in [0.25, 0.3) is 0 Å². The Labute approximate surface area is 180 Å². The van der Waals surface area contributed by atoms with Crippen LogP contribution in [-0.2, 0) is 20.9 Å². The van der Waals surface area contributed by atoms with E-state index >= 15 is 0 Å². The maximum Gasteiger partial charge on any atom is 0.250 e. The third-order valence-corrected chi connectivity index (χ3v) is 6.65. The normalized spacial score (nSPS) is 18.3. The van der Waals surface area contributed by atoms with E-state index in [2.05, 4.69) is 5.32 Å². The van der Waals surface area contributed by atoms with Crippen LogP contribution in [0.2, 0.25) is 0 Å². The number of thioether (sulfide) groups is 1. The molecule has 3 amide bonds. The smallest absolute Gasteiger partial charge is 0.250 e. The SMILES string of the molecule is Cc1cccc(CNC(=O)CN2C(=O)[C@H](C(=O)N3CCCC3)Sc3ccccc32)c1. The summed E-state index contributed by atoms with van der Waals surface area (Å²) < 4.78 is 0. The number of carbonyl (C=O) groups is 3. The summed E-state index contributed by atoms with van der Waals surface area (Å²) in [6.07, 6.45) is 1.94. The highest BCUT2D eigenvalue weighted by Gasteiger charge is 2.41. The standard InChI is InChI=1S/C23H25N3O3S/c1-16-7-6-8-17(13-16)14-24-20(27)15-26-18-9-2-3-10-19(18)30-21(23(26)29)22(28)25-11-4-5-12-25/h2-3,6-10,13,21H,4-5,11-12,14-15H2,1H3,(H,24,27)/t21-/m0/s1. The topological polar surface area (TPSA) is 69.7 Å². The maximum absolute atomic E-state index is 13.2. The molecule has 7 heteroatoms. The largest absolute Gasteiger partial charge is 0.350 e. The molecule has 1 N–H and O–H groups in total. The fourth-order valence-electron chi connectivity index (χ4n) is 3.86. The Morgan fingerprint density at radius 3 is 2.63 bits per heavy atom. The predicted octanol–water partition coefficient (Wildman–Crippen LogP) is 2.74. The van der Waals surface area contributed by atoms with Gasteiger partial charge in [-0.2, -0.15) is 0 Å². The number of hydrogen-bond acceptors (Lipinski definition) is 4. The molecule has 4 rings (SSSR count). The summed E-state index contributed by atoms with van der Waals surface area (Å²) in [5, 5.41) is 2.06. The van der Waals surface area contributed by atoms with Gasteiger partial charge < -0.3 is 15.1 Å². The number of aryl methyl sites for hydroxylation is 1. The predicted molar refractivity (Wildman–Crippen MR) is 117 cm³/mol. The van der Waals surface area contributed by atoms with Gasteiger partial charge in [0.2, 0.25) is 11.8 Å². The first kappa shape index (κ1) is 20.5. The number of benzene rings is 2. The van der Waals surface area contributed by atoms with E-state index in [1.165, 1.54) is 16.7 Å². The lowest BCUT2D eigenvalue weighted by Crippen LogP contribution is -2.51. The van der Waals surface area contributed by atoms with Crippen molar-refractivity contribution in [3.8, 4) is 0 Å². The van der Waals surface area contributed by atoms with E-state index in [-0.39, 0.29) is 24.3 Å². The van der Waals surface area contributed by atoms with Crippen molar-refractivity contribution in [3.05, 3.63) is 59.7 Å². The number of carbonyl (C=O) groups excluding carboxylic acids is 3. The number of fused-ring (bicyclic) bond motifs is 1. The Balaban J connectivity index is 1.49. The number of nitrogens with one attached hydrogen (secondary N) is 1. The summed E-state index contributed by atoms with van der Waals surface area (Å²) in [5.74, 6) is -0.720. The van der Waals surface area contributed by atoms with Gasteiger partial charge >= 0.3 is 0 Å². The number of rotatable bonds is 5. The molecule has 0 bridgehead atoms. The van der Waals surface area contributed by atoms with Gasteiger partial charge in [-0.15, -0.1) is 11.8 Å². The van der Waals surface area contributed by atoms with E-state index in [4.69, 9.17) is 0 Å². The van der Waals surface area contributed by atoms with Crippen molar-refractivity contribution in [2.45, 2.75) is 36.5 Å². The lowest BCUT2D eigenvalue weighted by Gasteiger charge is -2.34. The summed E-state index contributed by atoms with van der Waals surface area (Å²) in [6, 6.07) is 15.4. The van der Waals surface area contributed by atoms with E-state index in [0.29, 0.717) is 25.3 Å². The molecule has 0 aromatic heterocycles. The molecule has 156 valence electrons. The average molecular weight is 424 g/mol. The van der Waals surface area contributed by atoms with Crippen molar-refractivity contribution in [2.24, 2.45) is 0 Å². The van der Waals surface area contributed by atoms with Crippen LogP contribution in [0.5, 0.6) is 0 Å². The fourth-order valence-corrected chi connectivity index (χ4v) is 5.05. The van der Waals surface area contributed by atoms with Crippen molar-refractivity contribution in [1.82, 2.24) is 10.2 Å². The summed E-state index contributed by atoms with van der Waals surface area (Å²) in [6.45, 7) is 3.69. The minimum atomic E-state index is -0.831. The molecule has 0 aliphatic carbocycles. The number of hydrogen-bond donors (Lipinski definition) is 1. The van der Waals surface area contributed by atoms with Crippen LogP contribution in [0, 0.1) is 6.92 Å². The van der Waals surface area contributed by atoms with Crippen molar-refractivity contribution in [2.75, 3.05) is 24.5 Å². The number of amides is 3. The molecule has 2 aromatic rings. The van der Waals surface area contributed by atoms with Gasteiger partial charge in [-0.3, -0.25) is 14.4 Å². The third-order valence-electron chi connectivity index (χ3n) is 5.41. The molecule has 1 atom stereocenters. The molecule has 2 aromatic carbocycles. The Hall–Kier alpha value is -2.80. The van der Waals surface area contributed by atoms with Crippen LogP contribution in [0.1, 0.15) is 24.0 Å². The van der Waals surface area contributed by atoms with Gasteiger partial charge in [0.25, 0.3) is 5.91 Å². The van der Waals surface area contributed by atoms with Crippen LogP contribution < -0.4 is 10.2 Å². The molecule has 6 nitrogen and oxygen atoms in total. The van der Waals surface area contributed by atoms with E-state index in [0.717, 1.165) is 28.9 Å². The van der Waals surface area contributed by atoms with Gasteiger partial charge in [0.05, 0.1) is 5.69 Å². The number of anilines is 1. The fraction of sp³-hybridized carbons (Fsp3) is 0.348. The highest BCUT2D eigenvalue weighted by molar-refractivity contribution is 8.01. The highest BCUT2D eigenvalue weighted by Crippen LogP contribution is 2.39. The first-order valence-corrected chi connectivity index (χ1v) is 11.1. The first-order chi connectivity index (χ1) is 14.5. The lowest BCUT2D eigenvalue weighted by molar-refractivity contribution is -0.134. The number of para-hydroxylation sites is 1. The molecule has 30 heavy (non-hydrogen) atoms. The number of likely N-dealkylation sites (tertiary alicyclic amines) is 1. The van der Waals surface area contributed by atoms with E-state index in [1.54, 1.807) is 4.90 Å². The Bertz CT molecular complexity index is 972. The Morgan fingerprint density at radius 2 is 1.87 bits per heavy atom. The summed E-state index contributed by atoms with van der Waals surface area (Å²) in [5.41, 5.74) is 2.82. The second-order valence-corrected chi connectivity index (χ2v) is 8.84. The molecule has 0 radical (unpaired) electrons. The second-order valence-electron chi connectivity index (χ2n) is 7.69. The first-order valence-electron chi connectivity index (χ1n) is 10.2. The van der Waals surface area contributed by atoms with Crippen LogP contribution in [0.4, 0.5) is 5.69 Å². The van der Waals surface area contributed by atoms with Crippen LogP contribution in [0.15, 0.2) is 53.4 Å². The molecule has 0 saturated carbocycles. The molecule has 2 aliphatic heterocycles. The molecular weight excluding hydrogens is 398 g/mol. The maximum atomic E-state index is 13.2. The van der Waals surface area contributed by atoms with Crippen molar-refractivity contribution in [3.63, 3.8) is 0 Å². The highest BCUT2D eigenvalue weighted by atomic mass is 32.2. The van der Waals surface area contributed by atoms with E-state index < -0.39 is 5.25 Å². The van der Waals surface area contributed by atoms with Gasteiger partial charge in [0.15, 0.2) is 5.25 Å². The van der Waals surface area contributed by atoms with Crippen LogP contribution in [-0.4, -0.2) is 47.5 Å². The van der Waals surface area contributed by atoms with Crippen molar-refractivity contribution >= 4 is 35.2 Å². The van der Waals surface area contributed by atoms with E-state index in [9.17, 15) is 14.4 Å². The monoisotopic (exact) mass is 423 g/mol. The second kappa shape index (κ2) is 8.92. The third kappa shape index (κ3) is 4.36. The Kier molecular flexibility index (Phi) is 6.08. The summed E-state index contributed by atoms with van der Waals surface area (Å²) >= 11 is 1.29. The summed E-state index contributed by atoms with van der Waals surface area (Å²) in [7, 11) is 0. The van der Waals surface area contributed by atoms with E-state index in [1.807, 2.05) is 55.5 Å². The minimum absolute atomic E-state index is 0.105. The minimum Gasteiger partial charge on any atom is -0.350 e. The lowest BCUT2D eigenvalue weighted by atomic mass is 10.1. The van der Waals surface area contributed by atoms with Gasteiger partial charge in [-0.1, -0.05) is 42.0 Å². The van der Waals surface area contributed by atoms with Gasteiger partial charge in [-0.25, -0.2) is 0 Å². The zero-order valence-electron chi connectivity index (χ0n) is 17.0. The van der Waals surface area contributed by atoms with Gasteiger partial charge in [-0.05, 0) is 37.5 Å². The average Bonchev–Trinajstić information content (AvgIpc) is 3.28. The van der Waals surface area contributed by atoms with Crippen LogP contribution >= 0.6 is 11.8 Å².